The Bertz CT molecular complexity index is 514. The summed E-state index contributed by atoms with van der Waals surface area (Å²) in [5.74, 6) is 0.567. The van der Waals surface area contributed by atoms with E-state index in [1.807, 2.05) is 20.8 Å². The van der Waals surface area contributed by atoms with Crippen LogP contribution in [0.2, 0.25) is 0 Å². The molecule has 0 atom stereocenters. The molecule has 6 nitrogen and oxygen atoms in total. The van der Waals surface area contributed by atoms with Gasteiger partial charge in [0.05, 0.1) is 19.3 Å². The highest BCUT2D eigenvalue weighted by Gasteiger charge is 2.21. The Labute approximate surface area is 128 Å². The molecule has 1 aromatic rings. The highest BCUT2D eigenvalue weighted by molar-refractivity contribution is 9.10. The summed E-state index contributed by atoms with van der Waals surface area (Å²) in [5.41, 5.74) is 0. The van der Waals surface area contributed by atoms with Crippen LogP contribution in [0.3, 0.4) is 0 Å². The third-order valence-corrected chi connectivity index (χ3v) is 4.71. The van der Waals surface area contributed by atoms with Gasteiger partial charge in [0.25, 0.3) is 0 Å². The Morgan fingerprint density at radius 2 is 2.15 bits per heavy atom. The minimum Gasteiger partial charge on any atom is -0.452 e. The molecule has 0 aromatic carbocycles. The number of nitrogens with one attached hydrogen (secondary N) is 2. The number of hydrogen-bond acceptors (Lipinski definition) is 5. The predicted octanol–water partition coefficient (Wildman–Crippen LogP) is 1.85. The summed E-state index contributed by atoms with van der Waals surface area (Å²) < 4.78 is 37.5. The third kappa shape index (κ3) is 5.53. The first-order valence-electron chi connectivity index (χ1n) is 6.47. The highest BCUT2D eigenvalue weighted by atomic mass is 79.9. The van der Waals surface area contributed by atoms with Crippen molar-refractivity contribution in [2.75, 3.05) is 19.7 Å². The zero-order valence-corrected chi connectivity index (χ0v) is 14.3. The van der Waals surface area contributed by atoms with Crippen LogP contribution in [0.5, 0.6) is 0 Å². The number of furan rings is 1. The summed E-state index contributed by atoms with van der Waals surface area (Å²) >= 11 is 3.13. The van der Waals surface area contributed by atoms with Gasteiger partial charge in [-0.1, -0.05) is 6.92 Å². The molecule has 2 N–H and O–H groups in total. The average molecular weight is 369 g/mol. The Morgan fingerprint density at radius 3 is 2.75 bits per heavy atom. The van der Waals surface area contributed by atoms with Crippen LogP contribution in [-0.2, 0) is 21.3 Å². The predicted molar refractivity (Wildman–Crippen MR) is 80.1 cm³/mol. The van der Waals surface area contributed by atoms with Crippen LogP contribution in [0.1, 0.15) is 26.5 Å². The number of hydrogen-bond donors (Lipinski definition) is 2. The monoisotopic (exact) mass is 368 g/mol. The summed E-state index contributed by atoms with van der Waals surface area (Å²) in [6.07, 6.45) is 0.0758. The first-order valence-corrected chi connectivity index (χ1v) is 8.74. The van der Waals surface area contributed by atoms with Crippen molar-refractivity contribution in [3.05, 3.63) is 16.5 Å². The summed E-state index contributed by atoms with van der Waals surface area (Å²) in [6, 6.07) is 1.51. The van der Waals surface area contributed by atoms with Crippen molar-refractivity contribution >= 4 is 26.0 Å². The summed E-state index contributed by atoms with van der Waals surface area (Å²) in [7, 11) is -3.59. The fraction of sp³-hybridized carbons (Fsp3) is 0.667. The number of halogens is 1. The molecule has 0 saturated carbocycles. The van der Waals surface area contributed by atoms with Gasteiger partial charge in [0, 0.05) is 12.6 Å². The number of sulfonamides is 1. The van der Waals surface area contributed by atoms with Crippen molar-refractivity contribution in [1.82, 2.24) is 10.0 Å². The fourth-order valence-electron chi connectivity index (χ4n) is 1.46. The molecule has 1 rings (SSSR count). The molecule has 0 aliphatic rings. The lowest BCUT2D eigenvalue weighted by Gasteiger charge is -2.08. The van der Waals surface area contributed by atoms with Gasteiger partial charge in [-0.05, 0) is 36.3 Å². The molecule has 0 fully saturated rings. The largest absolute Gasteiger partial charge is 0.452 e. The van der Waals surface area contributed by atoms with Gasteiger partial charge in [0.1, 0.15) is 10.7 Å². The first-order chi connectivity index (χ1) is 9.36. The smallest absolute Gasteiger partial charge is 0.245 e. The van der Waals surface area contributed by atoms with Gasteiger partial charge in [-0.15, -0.1) is 0 Å². The lowest BCUT2D eigenvalue weighted by molar-refractivity contribution is 0.0834. The third-order valence-electron chi connectivity index (χ3n) is 2.39. The molecule has 116 valence electrons. The fourth-order valence-corrected chi connectivity index (χ4v) is 3.47. The standard InChI is InChI=1S/C12H21BrN2O4S/c1-4-14-8-10-7-11(12(13)19-10)20(16,17)15-5-6-18-9(2)3/h7,9,14-15H,4-6,8H2,1-3H3. The molecule has 0 aliphatic carbocycles. The molecule has 20 heavy (non-hydrogen) atoms. The second-order valence-corrected chi connectivity index (χ2v) is 6.90. The van der Waals surface area contributed by atoms with Gasteiger partial charge in [0.15, 0.2) is 4.67 Å². The van der Waals surface area contributed by atoms with Crippen molar-refractivity contribution in [3.8, 4) is 0 Å². The molecule has 0 saturated heterocycles. The Balaban J connectivity index is 2.64. The zero-order valence-electron chi connectivity index (χ0n) is 11.9. The number of ether oxygens (including phenoxy) is 1. The SMILES string of the molecule is CCNCc1cc(S(=O)(=O)NCCOC(C)C)c(Br)o1. The Hall–Kier alpha value is -0.410. The van der Waals surface area contributed by atoms with E-state index in [1.165, 1.54) is 6.07 Å². The Kier molecular flexibility index (Phi) is 7.18. The van der Waals surface area contributed by atoms with E-state index in [0.717, 1.165) is 6.54 Å². The van der Waals surface area contributed by atoms with Crippen molar-refractivity contribution in [1.29, 1.82) is 0 Å². The van der Waals surface area contributed by atoms with Crippen molar-refractivity contribution < 1.29 is 17.6 Å². The van der Waals surface area contributed by atoms with E-state index in [1.54, 1.807) is 0 Å². The summed E-state index contributed by atoms with van der Waals surface area (Å²) in [4.78, 5) is 0.106. The number of rotatable bonds is 9. The maximum absolute atomic E-state index is 12.1. The summed E-state index contributed by atoms with van der Waals surface area (Å²) in [5, 5.41) is 3.07. The quantitative estimate of drug-likeness (QED) is 0.650. The van der Waals surface area contributed by atoms with E-state index in [0.29, 0.717) is 18.9 Å². The molecule has 0 unspecified atom stereocenters. The second kappa shape index (κ2) is 8.14. The molecule has 1 aromatic heterocycles. The molecule has 8 heteroatoms. The lowest BCUT2D eigenvalue weighted by Crippen LogP contribution is -2.28. The highest BCUT2D eigenvalue weighted by Crippen LogP contribution is 2.25. The van der Waals surface area contributed by atoms with Gasteiger partial charge in [-0.3, -0.25) is 0 Å². The van der Waals surface area contributed by atoms with Crippen LogP contribution in [0, 0.1) is 0 Å². The van der Waals surface area contributed by atoms with Gasteiger partial charge in [-0.25, -0.2) is 13.1 Å². The minimum absolute atomic E-state index is 0.0758. The normalized spacial score (nSPS) is 12.2. The van der Waals surface area contributed by atoms with Crippen LogP contribution < -0.4 is 10.0 Å². The average Bonchev–Trinajstić information content (AvgIpc) is 2.74. The first kappa shape index (κ1) is 17.6. The molecule has 0 amide bonds. The van der Waals surface area contributed by atoms with E-state index < -0.39 is 10.0 Å². The van der Waals surface area contributed by atoms with E-state index in [4.69, 9.17) is 9.15 Å². The van der Waals surface area contributed by atoms with E-state index in [9.17, 15) is 8.42 Å². The molecule has 0 bridgehead atoms. The van der Waals surface area contributed by atoms with Gasteiger partial charge >= 0.3 is 0 Å². The second-order valence-electron chi connectivity index (χ2n) is 4.45. The topological polar surface area (TPSA) is 80.6 Å². The van der Waals surface area contributed by atoms with Gasteiger partial charge < -0.3 is 14.5 Å². The maximum Gasteiger partial charge on any atom is 0.245 e. The molecular formula is C12H21BrN2O4S. The maximum atomic E-state index is 12.1. The van der Waals surface area contributed by atoms with E-state index in [-0.39, 0.29) is 22.2 Å². The molecular weight excluding hydrogens is 348 g/mol. The van der Waals surface area contributed by atoms with Crippen molar-refractivity contribution in [2.24, 2.45) is 0 Å². The molecule has 1 heterocycles. The molecule has 0 spiro atoms. The van der Waals surface area contributed by atoms with Crippen LogP contribution in [0.15, 0.2) is 20.0 Å². The van der Waals surface area contributed by atoms with Crippen LogP contribution >= 0.6 is 15.9 Å². The summed E-state index contributed by atoms with van der Waals surface area (Å²) in [6.45, 7) is 7.58. The Morgan fingerprint density at radius 1 is 1.45 bits per heavy atom. The van der Waals surface area contributed by atoms with E-state index >= 15 is 0 Å². The van der Waals surface area contributed by atoms with Crippen LogP contribution in [0.4, 0.5) is 0 Å². The lowest BCUT2D eigenvalue weighted by atomic mass is 10.4. The van der Waals surface area contributed by atoms with Crippen LogP contribution in [0.25, 0.3) is 0 Å². The zero-order chi connectivity index (χ0) is 15.2. The van der Waals surface area contributed by atoms with Gasteiger partial charge in [0.2, 0.25) is 10.0 Å². The van der Waals surface area contributed by atoms with E-state index in [2.05, 4.69) is 26.0 Å². The molecule has 0 radical (unpaired) electrons. The van der Waals surface area contributed by atoms with Crippen LogP contribution in [-0.4, -0.2) is 34.2 Å². The van der Waals surface area contributed by atoms with Gasteiger partial charge in [-0.2, -0.15) is 0 Å². The van der Waals surface area contributed by atoms with Crippen molar-refractivity contribution in [3.63, 3.8) is 0 Å². The minimum atomic E-state index is -3.59. The molecule has 0 aliphatic heterocycles. The van der Waals surface area contributed by atoms with Crippen molar-refractivity contribution in [2.45, 2.75) is 38.3 Å².